The molecule has 3 rings (SSSR count). The Morgan fingerprint density at radius 3 is 2.35 bits per heavy atom. The second kappa shape index (κ2) is 5.62. The summed E-state index contributed by atoms with van der Waals surface area (Å²) in [6, 6.07) is 0.102. The number of nitrogens with one attached hydrogen (secondary N) is 1. The Morgan fingerprint density at radius 1 is 1.00 bits per heavy atom. The highest BCUT2D eigenvalue weighted by Crippen LogP contribution is 2.25. The molecule has 2 saturated heterocycles. The molecule has 0 bridgehead atoms. The van der Waals surface area contributed by atoms with Gasteiger partial charge in [0, 0.05) is 25.7 Å². The van der Waals surface area contributed by atoms with Crippen molar-refractivity contribution in [1.29, 1.82) is 0 Å². The largest absolute Gasteiger partial charge is 0.341 e. The van der Waals surface area contributed by atoms with E-state index in [9.17, 15) is 9.59 Å². The van der Waals surface area contributed by atoms with Crippen molar-refractivity contribution >= 4 is 11.9 Å². The first kappa shape index (κ1) is 13.7. The number of piperidine rings is 1. The van der Waals surface area contributed by atoms with Gasteiger partial charge in [-0.2, -0.15) is 0 Å². The number of likely N-dealkylation sites (tertiary alicyclic amines) is 2. The van der Waals surface area contributed by atoms with Crippen molar-refractivity contribution in [2.75, 3.05) is 19.6 Å². The van der Waals surface area contributed by atoms with E-state index in [0.717, 1.165) is 64.1 Å². The van der Waals surface area contributed by atoms with Crippen LogP contribution in [0.1, 0.15) is 45.4 Å². The number of carbonyl (C=O) groups excluding carboxylic acids is 2. The van der Waals surface area contributed by atoms with Crippen molar-refractivity contribution in [2.45, 2.75) is 57.5 Å². The fraction of sp³-hybridized carbons (Fsp3) is 0.867. The maximum Gasteiger partial charge on any atom is 0.318 e. The van der Waals surface area contributed by atoms with Gasteiger partial charge < -0.3 is 15.1 Å². The van der Waals surface area contributed by atoms with E-state index in [1.165, 1.54) is 0 Å². The van der Waals surface area contributed by atoms with Crippen LogP contribution in [-0.2, 0) is 4.79 Å². The Bertz CT molecular complexity index is 387. The first-order valence-electron chi connectivity index (χ1n) is 8.01. The monoisotopic (exact) mass is 279 g/mol. The summed E-state index contributed by atoms with van der Waals surface area (Å²) in [6.07, 6.45) is 6.12. The van der Waals surface area contributed by atoms with E-state index in [1.54, 1.807) is 4.90 Å². The van der Waals surface area contributed by atoms with E-state index in [0.29, 0.717) is 6.04 Å². The van der Waals surface area contributed by atoms with E-state index < -0.39 is 0 Å². The molecule has 0 spiro atoms. The van der Waals surface area contributed by atoms with Crippen molar-refractivity contribution in [2.24, 2.45) is 5.92 Å². The molecule has 0 aromatic carbocycles. The molecule has 3 amide bonds. The third-order valence-electron chi connectivity index (χ3n) is 4.80. The number of amides is 3. The molecule has 5 nitrogen and oxygen atoms in total. The Morgan fingerprint density at radius 2 is 1.70 bits per heavy atom. The maximum absolute atomic E-state index is 12.6. The highest BCUT2D eigenvalue weighted by atomic mass is 16.2. The van der Waals surface area contributed by atoms with Crippen LogP contribution in [0.25, 0.3) is 0 Å². The second-order valence-corrected chi connectivity index (χ2v) is 6.58. The first-order chi connectivity index (χ1) is 9.65. The fourth-order valence-corrected chi connectivity index (χ4v) is 3.19. The van der Waals surface area contributed by atoms with Gasteiger partial charge in [-0.3, -0.25) is 4.79 Å². The van der Waals surface area contributed by atoms with Gasteiger partial charge in [0.1, 0.15) is 6.04 Å². The molecule has 0 aromatic heterocycles. The Hall–Kier alpha value is -1.26. The molecule has 2 aliphatic heterocycles. The Labute approximate surface area is 120 Å². The number of carbonyl (C=O) groups is 2. The van der Waals surface area contributed by atoms with Gasteiger partial charge in [0.2, 0.25) is 5.91 Å². The molecule has 0 aromatic rings. The minimum absolute atomic E-state index is 0.0336. The number of urea groups is 1. The first-order valence-corrected chi connectivity index (χ1v) is 8.01. The molecule has 0 radical (unpaired) electrons. The predicted octanol–water partition coefficient (Wildman–Crippen LogP) is 1.58. The Balaban J connectivity index is 1.59. The summed E-state index contributed by atoms with van der Waals surface area (Å²) in [4.78, 5) is 28.5. The standard InChI is InChI=1S/C15H25N3O2/c1-11-6-9-17(10-7-11)14(19)13-3-2-8-18(13)15(20)16-12-4-5-12/h11-13H,2-10H2,1H3,(H,16,20)/t13-/m0/s1. The maximum atomic E-state index is 12.6. The van der Waals surface area contributed by atoms with Gasteiger partial charge in [0.15, 0.2) is 0 Å². The molecule has 3 aliphatic rings. The van der Waals surface area contributed by atoms with Crippen LogP contribution in [0, 0.1) is 5.92 Å². The van der Waals surface area contributed by atoms with Gasteiger partial charge in [0.25, 0.3) is 0 Å². The molecule has 3 fully saturated rings. The third kappa shape index (κ3) is 2.91. The SMILES string of the molecule is CC1CCN(C(=O)[C@@H]2CCCN2C(=O)NC2CC2)CC1. The molecule has 1 aliphatic carbocycles. The highest BCUT2D eigenvalue weighted by molar-refractivity contribution is 5.88. The van der Waals surface area contributed by atoms with Crippen molar-refractivity contribution in [3.8, 4) is 0 Å². The smallest absolute Gasteiger partial charge is 0.318 e. The van der Waals surface area contributed by atoms with Crippen molar-refractivity contribution in [3.63, 3.8) is 0 Å². The second-order valence-electron chi connectivity index (χ2n) is 6.58. The summed E-state index contributed by atoms with van der Waals surface area (Å²) in [5.41, 5.74) is 0. The molecule has 1 atom stereocenters. The average Bonchev–Trinajstić information content (AvgIpc) is 3.11. The van der Waals surface area contributed by atoms with Crippen LogP contribution in [0.2, 0.25) is 0 Å². The predicted molar refractivity (Wildman–Crippen MR) is 76.3 cm³/mol. The van der Waals surface area contributed by atoms with Crippen LogP contribution in [0.3, 0.4) is 0 Å². The zero-order valence-electron chi connectivity index (χ0n) is 12.3. The van der Waals surface area contributed by atoms with Crippen LogP contribution in [-0.4, -0.2) is 53.5 Å². The Kier molecular flexibility index (Phi) is 3.85. The zero-order chi connectivity index (χ0) is 14.1. The van der Waals surface area contributed by atoms with Gasteiger partial charge >= 0.3 is 6.03 Å². The minimum Gasteiger partial charge on any atom is -0.341 e. The number of hydrogen-bond acceptors (Lipinski definition) is 2. The number of nitrogens with zero attached hydrogens (tertiary/aromatic N) is 2. The molecule has 112 valence electrons. The van der Waals surface area contributed by atoms with Gasteiger partial charge in [-0.15, -0.1) is 0 Å². The molecular weight excluding hydrogens is 254 g/mol. The van der Waals surface area contributed by atoms with Crippen molar-refractivity contribution < 1.29 is 9.59 Å². The van der Waals surface area contributed by atoms with E-state index in [4.69, 9.17) is 0 Å². The number of hydrogen-bond donors (Lipinski definition) is 1. The van der Waals surface area contributed by atoms with Crippen LogP contribution < -0.4 is 5.32 Å². The summed E-state index contributed by atoms with van der Waals surface area (Å²) < 4.78 is 0. The molecule has 20 heavy (non-hydrogen) atoms. The minimum atomic E-state index is -0.220. The summed E-state index contributed by atoms with van der Waals surface area (Å²) in [6.45, 7) is 4.68. The molecule has 1 saturated carbocycles. The summed E-state index contributed by atoms with van der Waals surface area (Å²) in [5.74, 6) is 0.886. The molecular formula is C15H25N3O2. The van der Waals surface area contributed by atoms with Gasteiger partial charge in [-0.1, -0.05) is 6.92 Å². The normalized spacial score (nSPS) is 27.8. The van der Waals surface area contributed by atoms with Crippen molar-refractivity contribution in [1.82, 2.24) is 15.1 Å². The molecule has 0 unspecified atom stereocenters. The van der Waals surface area contributed by atoms with E-state index in [1.807, 2.05) is 4.90 Å². The molecule has 2 heterocycles. The topological polar surface area (TPSA) is 52.7 Å². The van der Waals surface area contributed by atoms with Gasteiger partial charge in [-0.05, 0) is 44.4 Å². The molecule has 5 heteroatoms. The number of rotatable bonds is 2. The summed E-state index contributed by atoms with van der Waals surface area (Å²) in [5, 5.41) is 3.01. The fourth-order valence-electron chi connectivity index (χ4n) is 3.19. The van der Waals surface area contributed by atoms with E-state index >= 15 is 0 Å². The van der Waals surface area contributed by atoms with Crippen molar-refractivity contribution in [3.05, 3.63) is 0 Å². The van der Waals surface area contributed by atoms with Crippen LogP contribution in [0.4, 0.5) is 4.79 Å². The summed E-state index contributed by atoms with van der Waals surface area (Å²) >= 11 is 0. The zero-order valence-corrected chi connectivity index (χ0v) is 12.3. The van der Waals surface area contributed by atoms with E-state index in [-0.39, 0.29) is 18.0 Å². The molecule has 1 N–H and O–H groups in total. The van der Waals surface area contributed by atoms with Crippen LogP contribution >= 0.6 is 0 Å². The highest BCUT2D eigenvalue weighted by Gasteiger charge is 2.38. The average molecular weight is 279 g/mol. The van der Waals surface area contributed by atoms with E-state index in [2.05, 4.69) is 12.2 Å². The van der Waals surface area contributed by atoms with Crippen LogP contribution in [0.15, 0.2) is 0 Å². The van der Waals surface area contributed by atoms with Gasteiger partial charge in [0.05, 0.1) is 0 Å². The quantitative estimate of drug-likeness (QED) is 0.834. The lowest BCUT2D eigenvalue weighted by molar-refractivity contribution is -0.136. The lowest BCUT2D eigenvalue weighted by Crippen LogP contribution is -2.52. The summed E-state index contributed by atoms with van der Waals surface area (Å²) in [7, 11) is 0. The van der Waals surface area contributed by atoms with Crippen LogP contribution in [0.5, 0.6) is 0 Å². The third-order valence-corrected chi connectivity index (χ3v) is 4.80. The lowest BCUT2D eigenvalue weighted by atomic mass is 9.98. The van der Waals surface area contributed by atoms with Gasteiger partial charge in [-0.25, -0.2) is 4.79 Å². The lowest BCUT2D eigenvalue weighted by Gasteiger charge is -2.34.